The molecule has 2 rings (SSSR count). The lowest BCUT2D eigenvalue weighted by Crippen LogP contribution is -2.15. The molecule has 2 heterocycles. The molecule has 0 spiro atoms. The minimum Gasteiger partial charge on any atom is -0.324 e. The Balaban J connectivity index is 2.85. The van der Waals surface area contributed by atoms with Crippen LogP contribution >= 0.6 is 26.8 Å². The molecule has 110 valence electrons. The van der Waals surface area contributed by atoms with Crippen LogP contribution in [0.15, 0.2) is 18.3 Å². The first-order valence-electron chi connectivity index (χ1n) is 5.30. The molecular weight excluding hydrogens is 330 g/mol. The van der Waals surface area contributed by atoms with Gasteiger partial charge in [-0.3, -0.25) is 9.13 Å². The lowest BCUT2D eigenvalue weighted by Gasteiger charge is -2.15. The van der Waals surface area contributed by atoms with Crippen molar-refractivity contribution in [3.63, 3.8) is 0 Å². The number of fused-ring (bicyclic) bond motifs is 1. The second-order valence-electron chi connectivity index (χ2n) is 4.20. The molecule has 8 nitrogen and oxygen atoms in total. The van der Waals surface area contributed by atoms with Gasteiger partial charge in [0.15, 0.2) is 5.44 Å². The third-order valence-corrected chi connectivity index (χ3v) is 5.15. The van der Waals surface area contributed by atoms with Gasteiger partial charge in [0.05, 0.1) is 5.69 Å². The number of aromatic nitrogens is 2. The van der Waals surface area contributed by atoms with E-state index in [1.165, 1.54) is 29.7 Å². The van der Waals surface area contributed by atoms with E-state index in [2.05, 4.69) is 4.98 Å². The summed E-state index contributed by atoms with van der Waals surface area (Å²) in [7, 11) is -9.38. The predicted molar refractivity (Wildman–Crippen MR) is 72.3 cm³/mol. The van der Waals surface area contributed by atoms with Gasteiger partial charge in [-0.05, 0) is 13.0 Å². The van der Waals surface area contributed by atoms with E-state index in [0.717, 1.165) is 0 Å². The summed E-state index contributed by atoms with van der Waals surface area (Å²) in [6.07, 6.45) is 1.35. The first-order valence-corrected chi connectivity index (χ1v) is 8.98. The molecule has 0 radical (unpaired) electrons. The van der Waals surface area contributed by atoms with Crippen LogP contribution < -0.4 is 5.44 Å². The molecule has 0 saturated heterocycles. The quantitative estimate of drug-likeness (QED) is 0.613. The number of halogens is 1. The minimum absolute atomic E-state index is 0.103. The fourth-order valence-corrected chi connectivity index (χ4v) is 3.44. The molecule has 0 saturated carbocycles. The van der Waals surface area contributed by atoms with Gasteiger partial charge in [-0.2, -0.15) is 0 Å². The molecule has 2 aromatic heterocycles. The average molecular weight is 341 g/mol. The first-order chi connectivity index (χ1) is 9.01. The van der Waals surface area contributed by atoms with Crippen molar-refractivity contribution < 1.29 is 28.7 Å². The van der Waals surface area contributed by atoms with E-state index in [1.54, 1.807) is 0 Å². The number of hydrogen-bond donors (Lipinski definition) is 4. The smallest absolute Gasteiger partial charge is 0.324 e. The van der Waals surface area contributed by atoms with Gasteiger partial charge >= 0.3 is 15.2 Å². The zero-order valence-corrected chi connectivity index (χ0v) is 12.6. The van der Waals surface area contributed by atoms with Crippen molar-refractivity contribution in [2.75, 3.05) is 0 Å². The van der Waals surface area contributed by atoms with Crippen molar-refractivity contribution >= 4 is 37.9 Å². The van der Waals surface area contributed by atoms with Crippen LogP contribution in [0.25, 0.3) is 5.65 Å². The average Bonchev–Trinajstić information content (AvgIpc) is 2.64. The van der Waals surface area contributed by atoms with E-state index in [4.69, 9.17) is 11.6 Å². The molecule has 0 aliphatic heterocycles. The highest BCUT2D eigenvalue weighted by molar-refractivity contribution is 7.60. The highest BCUT2D eigenvalue weighted by Gasteiger charge is 2.37. The molecule has 0 aliphatic carbocycles. The monoisotopic (exact) mass is 340 g/mol. The fraction of sp³-hybridized carbons (Fsp3) is 0.222. The molecular formula is C9H11ClN2O6P2. The Labute approximate surface area is 118 Å². The lowest BCUT2D eigenvalue weighted by atomic mass is 10.3. The molecule has 0 amide bonds. The second kappa shape index (κ2) is 4.93. The fourth-order valence-electron chi connectivity index (χ4n) is 1.79. The van der Waals surface area contributed by atoms with Gasteiger partial charge in [0, 0.05) is 17.3 Å². The first kappa shape index (κ1) is 15.7. The van der Waals surface area contributed by atoms with Gasteiger partial charge in [-0.15, -0.1) is 0 Å². The van der Waals surface area contributed by atoms with Crippen LogP contribution in [-0.2, 0) is 9.13 Å². The summed E-state index contributed by atoms with van der Waals surface area (Å²) in [5.74, 6) is 0. The number of rotatable bonds is 3. The third-order valence-electron chi connectivity index (χ3n) is 2.78. The van der Waals surface area contributed by atoms with Crippen LogP contribution in [-0.4, -0.2) is 29.0 Å². The van der Waals surface area contributed by atoms with Crippen LogP contribution in [0.3, 0.4) is 0 Å². The van der Waals surface area contributed by atoms with Crippen molar-refractivity contribution in [3.8, 4) is 0 Å². The maximum Gasteiger partial charge on any atom is 0.376 e. The third kappa shape index (κ3) is 2.82. The minimum atomic E-state index is -4.79. The number of hydrogen-bond acceptors (Lipinski definition) is 3. The Hall–Kier alpha value is -0.720. The standard InChI is InChI=1S/C9H11ClN2O6P2/c1-5(19(13,14)15)8-9(20(16,17)18)11-7-4-6(10)2-3-12(7)8/h2-5H,1H3,(H2,13,14,15)(H2,16,17,18). The van der Waals surface area contributed by atoms with Crippen LogP contribution in [0.1, 0.15) is 18.3 Å². The predicted octanol–water partition coefficient (Wildman–Crippen LogP) is 1.03. The summed E-state index contributed by atoms with van der Waals surface area (Å²) < 4.78 is 24.1. The molecule has 2 aromatic rings. The van der Waals surface area contributed by atoms with Crippen LogP contribution in [0.4, 0.5) is 0 Å². The Morgan fingerprint density at radius 1 is 1.30 bits per heavy atom. The van der Waals surface area contributed by atoms with Gasteiger partial charge in [0.1, 0.15) is 11.3 Å². The zero-order valence-electron chi connectivity index (χ0n) is 10.1. The molecule has 0 aromatic carbocycles. The van der Waals surface area contributed by atoms with Crippen molar-refractivity contribution in [3.05, 3.63) is 29.0 Å². The van der Waals surface area contributed by atoms with Gasteiger partial charge in [-0.1, -0.05) is 11.6 Å². The maximum absolute atomic E-state index is 11.5. The van der Waals surface area contributed by atoms with E-state index in [1.807, 2.05) is 0 Å². The summed E-state index contributed by atoms with van der Waals surface area (Å²) in [6, 6.07) is 2.77. The van der Waals surface area contributed by atoms with E-state index < -0.39 is 26.3 Å². The zero-order chi connectivity index (χ0) is 15.3. The molecule has 1 unspecified atom stereocenters. The molecule has 20 heavy (non-hydrogen) atoms. The van der Waals surface area contributed by atoms with Crippen LogP contribution in [0.5, 0.6) is 0 Å². The summed E-state index contributed by atoms with van der Waals surface area (Å²) in [5, 5.41) is 0.287. The summed E-state index contributed by atoms with van der Waals surface area (Å²) in [6.45, 7) is 1.18. The van der Waals surface area contributed by atoms with Gasteiger partial charge in [0.2, 0.25) is 0 Å². The lowest BCUT2D eigenvalue weighted by molar-refractivity contribution is 0.360. The van der Waals surface area contributed by atoms with Crippen molar-refractivity contribution in [1.29, 1.82) is 0 Å². The Bertz CT molecular complexity index is 763. The van der Waals surface area contributed by atoms with E-state index in [9.17, 15) is 28.7 Å². The highest BCUT2D eigenvalue weighted by atomic mass is 35.5. The number of pyridine rings is 1. The molecule has 1 atom stereocenters. The highest BCUT2D eigenvalue weighted by Crippen LogP contribution is 2.52. The van der Waals surface area contributed by atoms with Crippen LogP contribution in [0, 0.1) is 0 Å². The SMILES string of the molecule is CC(c1c(P(=O)(O)O)nc2cc(Cl)ccn12)P(=O)(O)O. The van der Waals surface area contributed by atoms with Gasteiger partial charge in [0.25, 0.3) is 0 Å². The molecule has 11 heteroatoms. The normalized spacial score (nSPS) is 14.7. The molecule has 0 bridgehead atoms. The van der Waals surface area contributed by atoms with Crippen molar-refractivity contribution in [2.45, 2.75) is 12.6 Å². The topological polar surface area (TPSA) is 132 Å². The maximum atomic E-state index is 11.5. The summed E-state index contributed by atoms with van der Waals surface area (Å²) in [4.78, 5) is 40.9. The molecule has 0 aliphatic rings. The Morgan fingerprint density at radius 2 is 1.90 bits per heavy atom. The second-order valence-corrected chi connectivity index (χ2v) is 8.10. The summed E-state index contributed by atoms with van der Waals surface area (Å²) in [5.41, 5.74) is -2.19. The number of nitrogens with zero attached hydrogens (tertiary/aromatic N) is 2. The summed E-state index contributed by atoms with van der Waals surface area (Å²) >= 11 is 5.76. The van der Waals surface area contributed by atoms with Crippen LogP contribution in [0.2, 0.25) is 5.02 Å². The number of imidazole rings is 1. The molecule has 0 fully saturated rings. The van der Waals surface area contributed by atoms with E-state index >= 15 is 0 Å². The van der Waals surface area contributed by atoms with E-state index in [-0.39, 0.29) is 16.4 Å². The van der Waals surface area contributed by atoms with Crippen molar-refractivity contribution in [1.82, 2.24) is 9.38 Å². The van der Waals surface area contributed by atoms with E-state index in [0.29, 0.717) is 0 Å². The van der Waals surface area contributed by atoms with Gasteiger partial charge in [-0.25, -0.2) is 4.98 Å². The Morgan fingerprint density at radius 3 is 2.40 bits per heavy atom. The largest absolute Gasteiger partial charge is 0.376 e. The Kier molecular flexibility index (Phi) is 3.86. The van der Waals surface area contributed by atoms with Crippen molar-refractivity contribution in [2.24, 2.45) is 0 Å². The molecule has 4 N–H and O–H groups in total. The van der Waals surface area contributed by atoms with Gasteiger partial charge < -0.3 is 24.0 Å².